The van der Waals surface area contributed by atoms with Gasteiger partial charge in [0.15, 0.2) is 34.4 Å². The first kappa shape index (κ1) is 29.4. The van der Waals surface area contributed by atoms with Gasteiger partial charge in [0, 0.05) is 5.56 Å². The van der Waals surface area contributed by atoms with E-state index in [-0.39, 0.29) is 23.5 Å². The lowest BCUT2D eigenvalue weighted by Crippen LogP contribution is -2.40. The maximum atomic E-state index is 14.0. The molecule has 1 N–H and O–H groups in total. The number of methoxy groups -OCH3 is 2. The number of carboxylic acid groups (broad SMARTS) is 1. The number of aromatic nitrogens is 1. The van der Waals surface area contributed by atoms with Crippen molar-refractivity contribution >= 4 is 29.4 Å². The Morgan fingerprint density at radius 1 is 1.05 bits per heavy atom. The van der Waals surface area contributed by atoms with Crippen molar-refractivity contribution in [2.75, 3.05) is 34.0 Å². The van der Waals surface area contributed by atoms with Crippen molar-refractivity contribution in [1.29, 1.82) is 0 Å². The van der Waals surface area contributed by atoms with E-state index in [0.29, 0.717) is 50.0 Å². The Labute approximate surface area is 239 Å². The molecule has 3 aromatic rings. The van der Waals surface area contributed by atoms with E-state index >= 15 is 0 Å². The van der Waals surface area contributed by atoms with E-state index in [1.807, 2.05) is 6.92 Å². The average Bonchev–Trinajstić information content (AvgIpc) is 3.25. The molecule has 12 heteroatoms. The molecule has 216 valence electrons. The van der Waals surface area contributed by atoms with E-state index in [9.17, 15) is 14.4 Å². The molecule has 0 amide bonds. The molecule has 1 aliphatic rings. The molecule has 1 aliphatic heterocycles. The van der Waals surface area contributed by atoms with Crippen LogP contribution in [0.25, 0.3) is 6.08 Å². The van der Waals surface area contributed by atoms with Gasteiger partial charge >= 0.3 is 11.9 Å². The monoisotopic (exact) mass is 582 g/mol. The summed E-state index contributed by atoms with van der Waals surface area (Å²) in [5.74, 6) is -0.266. The summed E-state index contributed by atoms with van der Waals surface area (Å²) in [4.78, 5) is 43.1. The summed E-state index contributed by atoms with van der Waals surface area (Å²) in [6.07, 6.45) is 1.67. The number of allylic oxidation sites excluding steroid dienone is 1. The summed E-state index contributed by atoms with van der Waals surface area (Å²) in [6, 6.07) is 9.30. The van der Waals surface area contributed by atoms with Gasteiger partial charge in [-0.05, 0) is 50.6 Å². The van der Waals surface area contributed by atoms with Gasteiger partial charge in [0.2, 0.25) is 0 Å². The number of nitrogens with zero attached hydrogens (tertiary/aromatic N) is 2. The summed E-state index contributed by atoms with van der Waals surface area (Å²) in [7, 11) is 2.96. The average molecular weight is 583 g/mol. The lowest BCUT2D eigenvalue weighted by atomic mass is 9.94. The number of carbonyl (C=O) groups is 2. The van der Waals surface area contributed by atoms with E-state index in [1.54, 1.807) is 56.3 Å². The van der Waals surface area contributed by atoms with Crippen LogP contribution in [-0.2, 0) is 14.3 Å². The standard InChI is InChI=1S/C29H30N2O9S/c1-6-38-26-18(9-8-10-20(26)36-4)25-24(28(35)39-7-2)16(3)30-29-31(25)27(34)22(41-29)14-17-11-12-19(21(13-17)37-5)40-15-23(32)33/h8-14,25H,6-7,15H2,1-5H3,(H,32,33)/b22-14+/t25-/m0/s1. The van der Waals surface area contributed by atoms with Crippen molar-refractivity contribution in [1.82, 2.24) is 4.57 Å². The predicted octanol–water partition coefficient (Wildman–Crippen LogP) is 2.68. The zero-order valence-electron chi connectivity index (χ0n) is 23.3. The molecule has 0 saturated carbocycles. The van der Waals surface area contributed by atoms with E-state index in [1.165, 1.54) is 30.1 Å². The third kappa shape index (κ3) is 5.97. The highest BCUT2D eigenvalue weighted by molar-refractivity contribution is 7.07. The molecule has 2 heterocycles. The van der Waals surface area contributed by atoms with Crippen LogP contribution in [0.4, 0.5) is 0 Å². The van der Waals surface area contributed by atoms with Gasteiger partial charge < -0.3 is 28.8 Å². The Kier molecular flexibility index (Phi) is 9.13. The molecule has 4 rings (SSSR count). The van der Waals surface area contributed by atoms with Gasteiger partial charge in [-0.25, -0.2) is 14.6 Å². The fourth-order valence-corrected chi connectivity index (χ4v) is 5.52. The van der Waals surface area contributed by atoms with Crippen molar-refractivity contribution in [2.24, 2.45) is 4.99 Å². The molecule has 1 aromatic heterocycles. The lowest BCUT2D eigenvalue weighted by Gasteiger charge is -2.26. The minimum absolute atomic E-state index is 0.150. The molecular weight excluding hydrogens is 552 g/mol. The van der Waals surface area contributed by atoms with Gasteiger partial charge in [-0.15, -0.1) is 0 Å². The molecule has 0 unspecified atom stereocenters. The summed E-state index contributed by atoms with van der Waals surface area (Å²) < 4.78 is 29.3. The summed E-state index contributed by atoms with van der Waals surface area (Å²) in [6.45, 7) is 5.21. The fraction of sp³-hybridized carbons (Fsp3) is 0.310. The van der Waals surface area contributed by atoms with Gasteiger partial charge in [-0.3, -0.25) is 9.36 Å². The number of aliphatic carboxylic acids is 1. The lowest BCUT2D eigenvalue weighted by molar-refractivity contribution is -0.140. The molecule has 0 spiro atoms. The number of benzene rings is 2. The zero-order valence-corrected chi connectivity index (χ0v) is 24.1. The third-order valence-electron chi connectivity index (χ3n) is 6.17. The third-order valence-corrected chi connectivity index (χ3v) is 7.15. The molecular formula is C29H30N2O9S. The zero-order chi connectivity index (χ0) is 29.7. The fourth-order valence-electron chi connectivity index (χ4n) is 4.48. The molecule has 0 saturated heterocycles. The van der Waals surface area contributed by atoms with E-state index in [2.05, 4.69) is 4.99 Å². The van der Waals surface area contributed by atoms with Gasteiger partial charge in [0.05, 0.1) is 43.2 Å². The van der Waals surface area contributed by atoms with Crippen molar-refractivity contribution in [3.63, 3.8) is 0 Å². The number of hydrogen-bond donors (Lipinski definition) is 1. The topological polar surface area (TPSA) is 135 Å². The van der Waals surface area contributed by atoms with Gasteiger partial charge in [-0.2, -0.15) is 0 Å². The second-order valence-corrected chi connectivity index (χ2v) is 9.72. The summed E-state index contributed by atoms with van der Waals surface area (Å²) in [5.41, 5.74) is 1.44. The van der Waals surface area contributed by atoms with Crippen LogP contribution in [0.3, 0.4) is 0 Å². The number of ether oxygens (including phenoxy) is 5. The number of carboxylic acids is 1. The molecule has 0 aliphatic carbocycles. The number of para-hydroxylation sites is 1. The van der Waals surface area contributed by atoms with E-state index in [0.717, 1.165) is 0 Å². The number of esters is 1. The van der Waals surface area contributed by atoms with Gasteiger partial charge in [-0.1, -0.05) is 29.5 Å². The maximum Gasteiger partial charge on any atom is 0.341 e. The first-order chi connectivity index (χ1) is 19.7. The van der Waals surface area contributed by atoms with Crippen LogP contribution in [0.5, 0.6) is 23.0 Å². The Bertz CT molecular complexity index is 1690. The van der Waals surface area contributed by atoms with Gasteiger partial charge in [0.1, 0.15) is 6.04 Å². The smallest absolute Gasteiger partial charge is 0.341 e. The Hall–Kier alpha value is -4.58. The normalized spacial score (nSPS) is 14.7. The van der Waals surface area contributed by atoms with Crippen molar-refractivity contribution in [3.8, 4) is 23.0 Å². The van der Waals surface area contributed by atoms with Crippen molar-refractivity contribution in [2.45, 2.75) is 26.8 Å². The second-order valence-electron chi connectivity index (χ2n) is 8.71. The van der Waals surface area contributed by atoms with Crippen LogP contribution in [0, 0.1) is 0 Å². The molecule has 11 nitrogen and oxygen atoms in total. The predicted molar refractivity (Wildman–Crippen MR) is 151 cm³/mol. The Morgan fingerprint density at radius 3 is 2.46 bits per heavy atom. The Balaban J connectivity index is 1.92. The highest BCUT2D eigenvalue weighted by Gasteiger charge is 2.36. The minimum atomic E-state index is -1.12. The van der Waals surface area contributed by atoms with Crippen LogP contribution in [0.15, 0.2) is 57.5 Å². The van der Waals surface area contributed by atoms with Crippen molar-refractivity contribution < 1.29 is 38.4 Å². The minimum Gasteiger partial charge on any atom is -0.493 e. The first-order valence-electron chi connectivity index (χ1n) is 12.8. The first-order valence-corrected chi connectivity index (χ1v) is 13.6. The molecule has 1 atom stereocenters. The molecule has 0 fully saturated rings. The maximum absolute atomic E-state index is 14.0. The second kappa shape index (κ2) is 12.7. The molecule has 0 bridgehead atoms. The number of carbonyl (C=O) groups excluding carboxylic acids is 1. The molecule has 41 heavy (non-hydrogen) atoms. The number of rotatable bonds is 11. The number of fused-ring (bicyclic) bond motifs is 1. The van der Waals surface area contributed by atoms with E-state index in [4.69, 9.17) is 28.8 Å². The van der Waals surface area contributed by atoms with E-state index < -0.39 is 24.6 Å². The largest absolute Gasteiger partial charge is 0.493 e. The highest BCUT2D eigenvalue weighted by atomic mass is 32.1. The van der Waals surface area contributed by atoms with Crippen LogP contribution in [0.2, 0.25) is 0 Å². The molecule has 0 radical (unpaired) electrons. The summed E-state index contributed by atoms with van der Waals surface area (Å²) >= 11 is 1.17. The Morgan fingerprint density at radius 2 is 1.80 bits per heavy atom. The SMILES string of the molecule is CCOC(=O)C1=C(C)N=c2s/c(=C/c3ccc(OCC(=O)O)c(OC)c3)c(=O)n2[C@H]1c1cccc(OC)c1OCC. The van der Waals surface area contributed by atoms with Crippen LogP contribution < -0.4 is 33.8 Å². The molecule has 2 aromatic carbocycles. The van der Waals surface area contributed by atoms with Gasteiger partial charge in [0.25, 0.3) is 5.56 Å². The van der Waals surface area contributed by atoms with Crippen molar-refractivity contribution in [3.05, 3.63) is 78.5 Å². The quantitative estimate of drug-likeness (QED) is 0.339. The number of hydrogen-bond acceptors (Lipinski definition) is 10. The van der Waals surface area contributed by atoms with Crippen LogP contribution >= 0.6 is 11.3 Å². The summed E-state index contributed by atoms with van der Waals surface area (Å²) in [5, 5.41) is 8.92. The highest BCUT2D eigenvalue weighted by Crippen LogP contribution is 2.40. The van der Waals surface area contributed by atoms with Crippen LogP contribution in [0.1, 0.15) is 37.9 Å². The number of thiazole rings is 1. The van der Waals surface area contributed by atoms with Crippen LogP contribution in [-0.4, -0.2) is 55.7 Å².